The van der Waals surface area contributed by atoms with Crippen molar-refractivity contribution in [3.8, 4) is 11.5 Å². The Hall–Kier alpha value is -1.67. The Morgan fingerprint density at radius 2 is 1.94 bits per heavy atom. The van der Waals surface area contributed by atoms with E-state index in [4.69, 9.17) is 9.47 Å². The van der Waals surface area contributed by atoms with Crippen LogP contribution in [0.1, 0.15) is 48.4 Å². The predicted octanol–water partition coefficient (Wildman–Crippen LogP) is 4.10. The normalized spacial score (nSPS) is 16.1. The van der Waals surface area contributed by atoms with Crippen LogP contribution >= 0.6 is 11.3 Å². The average molecular weight is 448 g/mol. The monoisotopic (exact) mass is 447 g/mol. The maximum absolute atomic E-state index is 10.5. The lowest BCUT2D eigenvalue weighted by Crippen LogP contribution is -2.40. The number of hydrogen-bond donors (Lipinski definition) is 1. The van der Waals surface area contributed by atoms with Gasteiger partial charge in [-0.1, -0.05) is 25.3 Å². The predicted molar refractivity (Wildman–Crippen MR) is 126 cm³/mol. The molecule has 3 rings (SSSR count). The van der Waals surface area contributed by atoms with E-state index in [1.54, 1.807) is 18.4 Å². The third-order valence-electron chi connectivity index (χ3n) is 5.91. The van der Waals surface area contributed by atoms with Crippen LogP contribution in [-0.4, -0.2) is 66.4 Å². The second-order valence-corrected chi connectivity index (χ2v) is 9.77. The first-order valence-corrected chi connectivity index (χ1v) is 12.1. The number of methoxy groups -OCH3 is 1. The molecular formula is C24H37N3O3S. The van der Waals surface area contributed by atoms with Crippen LogP contribution in [0.4, 0.5) is 0 Å². The molecular weight excluding hydrogens is 410 g/mol. The van der Waals surface area contributed by atoms with Crippen molar-refractivity contribution in [2.24, 2.45) is 0 Å². The highest BCUT2D eigenvalue weighted by molar-refractivity contribution is 7.09. The van der Waals surface area contributed by atoms with Gasteiger partial charge in [-0.2, -0.15) is 0 Å². The van der Waals surface area contributed by atoms with Crippen LogP contribution in [0, 0.1) is 6.92 Å². The highest BCUT2D eigenvalue weighted by Gasteiger charge is 2.20. The summed E-state index contributed by atoms with van der Waals surface area (Å²) in [6.07, 6.45) is 5.87. The number of aromatic nitrogens is 1. The van der Waals surface area contributed by atoms with Gasteiger partial charge in [-0.05, 0) is 51.6 Å². The number of hydrogen-bond acceptors (Lipinski definition) is 7. The van der Waals surface area contributed by atoms with Crippen molar-refractivity contribution in [2.75, 3.05) is 34.4 Å². The molecule has 0 unspecified atom stereocenters. The Bertz CT molecular complexity index is 807. The molecule has 1 aliphatic carbocycles. The van der Waals surface area contributed by atoms with Gasteiger partial charge in [-0.25, -0.2) is 4.98 Å². The van der Waals surface area contributed by atoms with Gasteiger partial charge >= 0.3 is 0 Å². The molecule has 1 heterocycles. The Kier molecular flexibility index (Phi) is 9.14. The highest BCUT2D eigenvalue weighted by Crippen LogP contribution is 2.29. The van der Waals surface area contributed by atoms with Gasteiger partial charge < -0.3 is 19.5 Å². The lowest BCUT2D eigenvalue weighted by molar-refractivity contribution is 0.0553. The van der Waals surface area contributed by atoms with E-state index in [-0.39, 0.29) is 6.61 Å². The Balaban J connectivity index is 1.49. The molecule has 1 atom stereocenters. The van der Waals surface area contributed by atoms with Crippen molar-refractivity contribution < 1.29 is 14.6 Å². The van der Waals surface area contributed by atoms with E-state index in [9.17, 15) is 5.11 Å². The van der Waals surface area contributed by atoms with Crippen LogP contribution in [0.2, 0.25) is 0 Å². The minimum Gasteiger partial charge on any atom is -0.493 e. The van der Waals surface area contributed by atoms with Crippen molar-refractivity contribution >= 4 is 11.3 Å². The van der Waals surface area contributed by atoms with Crippen LogP contribution in [0.25, 0.3) is 0 Å². The van der Waals surface area contributed by atoms with Gasteiger partial charge in [0.05, 0.1) is 17.8 Å². The molecule has 0 saturated heterocycles. The molecule has 0 bridgehead atoms. The van der Waals surface area contributed by atoms with E-state index < -0.39 is 6.10 Å². The summed E-state index contributed by atoms with van der Waals surface area (Å²) in [6.45, 7) is 4.53. The first-order chi connectivity index (χ1) is 14.9. The number of thiazole rings is 1. The van der Waals surface area contributed by atoms with Crippen molar-refractivity contribution in [1.82, 2.24) is 14.8 Å². The fourth-order valence-electron chi connectivity index (χ4n) is 4.30. The van der Waals surface area contributed by atoms with Crippen LogP contribution in [0.5, 0.6) is 11.5 Å². The quantitative estimate of drug-likeness (QED) is 0.560. The smallest absolute Gasteiger partial charge is 0.161 e. The third kappa shape index (κ3) is 7.45. The summed E-state index contributed by atoms with van der Waals surface area (Å²) in [4.78, 5) is 9.05. The van der Waals surface area contributed by atoms with Crippen molar-refractivity contribution in [3.63, 3.8) is 0 Å². The largest absolute Gasteiger partial charge is 0.493 e. The molecule has 31 heavy (non-hydrogen) atoms. The van der Waals surface area contributed by atoms with Crippen LogP contribution in [0.3, 0.4) is 0 Å². The number of aliphatic hydroxyl groups is 1. The molecule has 6 nitrogen and oxygen atoms in total. The molecule has 1 fully saturated rings. The second-order valence-electron chi connectivity index (χ2n) is 8.71. The minimum absolute atomic E-state index is 0.260. The van der Waals surface area contributed by atoms with Gasteiger partial charge in [-0.3, -0.25) is 4.90 Å². The number of likely N-dealkylation sites (N-methyl/N-ethyl adjacent to an activating group) is 1. The van der Waals surface area contributed by atoms with Crippen molar-refractivity contribution in [1.29, 1.82) is 0 Å². The van der Waals surface area contributed by atoms with Gasteiger partial charge in [0.25, 0.3) is 0 Å². The van der Waals surface area contributed by atoms with Gasteiger partial charge in [0.15, 0.2) is 11.5 Å². The number of aryl methyl sites for hydroxylation is 1. The summed E-state index contributed by atoms with van der Waals surface area (Å²) >= 11 is 1.68. The van der Waals surface area contributed by atoms with Crippen LogP contribution < -0.4 is 9.47 Å². The van der Waals surface area contributed by atoms with Gasteiger partial charge in [0.2, 0.25) is 0 Å². The molecule has 7 heteroatoms. The van der Waals surface area contributed by atoms with E-state index in [1.165, 1.54) is 32.1 Å². The van der Waals surface area contributed by atoms with Crippen LogP contribution in [0.15, 0.2) is 23.6 Å². The molecule has 1 N–H and O–H groups in total. The lowest BCUT2D eigenvalue weighted by Gasteiger charge is -2.32. The lowest BCUT2D eigenvalue weighted by atomic mass is 9.94. The molecule has 0 amide bonds. The van der Waals surface area contributed by atoms with Gasteiger partial charge in [-0.15, -0.1) is 11.3 Å². The number of rotatable bonds is 11. The Morgan fingerprint density at radius 1 is 1.16 bits per heavy atom. The van der Waals surface area contributed by atoms with Gasteiger partial charge in [0, 0.05) is 31.1 Å². The number of aliphatic hydroxyl groups excluding tert-OH is 1. The topological polar surface area (TPSA) is 58.1 Å². The third-order valence-corrected chi connectivity index (χ3v) is 6.73. The summed E-state index contributed by atoms with van der Waals surface area (Å²) in [5.41, 5.74) is 2.25. The van der Waals surface area contributed by atoms with Gasteiger partial charge in [0.1, 0.15) is 12.7 Å². The van der Waals surface area contributed by atoms with Crippen molar-refractivity contribution in [2.45, 2.75) is 64.3 Å². The molecule has 0 radical (unpaired) electrons. The SMILES string of the molecule is COc1cc(CN(C)Cc2csc(C)n2)ccc1OC[C@H](O)CN(C)C1CCCCC1. The van der Waals surface area contributed by atoms with E-state index in [1.807, 2.05) is 19.1 Å². The Morgan fingerprint density at radius 3 is 2.61 bits per heavy atom. The fourth-order valence-corrected chi connectivity index (χ4v) is 4.90. The highest BCUT2D eigenvalue weighted by atomic mass is 32.1. The summed E-state index contributed by atoms with van der Waals surface area (Å²) in [5.74, 6) is 1.37. The maximum Gasteiger partial charge on any atom is 0.161 e. The second kappa shape index (κ2) is 11.8. The summed E-state index contributed by atoms with van der Waals surface area (Å²) in [6, 6.07) is 6.59. The number of nitrogens with zero attached hydrogens (tertiary/aromatic N) is 3. The zero-order chi connectivity index (χ0) is 22.2. The molecule has 1 aromatic heterocycles. The first-order valence-electron chi connectivity index (χ1n) is 11.2. The Labute approximate surface area is 190 Å². The number of ether oxygens (including phenoxy) is 2. The molecule has 1 saturated carbocycles. The number of benzene rings is 1. The average Bonchev–Trinajstić information content (AvgIpc) is 3.17. The van der Waals surface area contributed by atoms with E-state index in [0.29, 0.717) is 24.1 Å². The van der Waals surface area contributed by atoms with Crippen LogP contribution in [-0.2, 0) is 13.1 Å². The van der Waals surface area contributed by atoms with Crippen molar-refractivity contribution in [3.05, 3.63) is 39.8 Å². The molecule has 0 aliphatic heterocycles. The zero-order valence-corrected chi connectivity index (χ0v) is 20.2. The molecule has 1 aromatic carbocycles. The molecule has 1 aliphatic rings. The summed E-state index contributed by atoms with van der Waals surface area (Å²) in [7, 11) is 5.85. The first kappa shape index (κ1) is 24.0. The molecule has 0 spiro atoms. The van der Waals surface area contributed by atoms with E-state index in [0.717, 1.165) is 29.4 Å². The standard InChI is InChI=1S/C24H37N3O3S/c1-18-25-20(17-31-18)14-26(2)13-19-10-11-23(24(12-19)29-4)30-16-22(28)15-27(3)21-8-6-5-7-9-21/h10-12,17,21-22,28H,5-9,13-16H2,1-4H3/t22-/m1/s1. The molecule has 172 valence electrons. The minimum atomic E-state index is -0.524. The molecule has 2 aromatic rings. The zero-order valence-electron chi connectivity index (χ0n) is 19.3. The van der Waals surface area contributed by atoms with E-state index in [2.05, 4.69) is 40.3 Å². The summed E-state index contributed by atoms with van der Waals surface area (Å²) in [5, 5.41) is 13.7. The van der Waals surface area contributed by atoms with E-state index >= 15 is 0 Å². The summed E-state index contributed by atoms with van der Waals surface area (Å²) < 4.78 is 11.5. The fraction of sp³-hybridized carbons (Fsp3) is 0.625. The maximum atomic E-state index is 10.5.